The van der Waals surface area contributed by atoms with Crippen LogP contribution in [0.2, 0.25) is 0 Å². The van der Waals surface area contributed by atoms with Gasteiger partial charge >= 0.3 is 0 Å². The molecule has 0 saturated heterocycles. The number of nitrogens with one attached hydrogen (secondary N) is 1. The SMILES string of the molecule is Cc1[nH]nc(OCC(=O)C(C)(C)C)c1-c1ccc(F)cc1. The topological polar surface area (TPSA) is 55.0 Å². The van der Waals surface area contributed by atoms with Crippen molar-refractivity contribution in [1.29, 1.82) is 0 Å². The fourth-order valence-electron chi connectivity index (χ4n) is 1.82. The highest BCUT2D eigenvalue weighted by molar-refractivity contribution is 5.85. The number of hydrogen-bond donors (Lipinski definition) is 1. The highest BCUT2D eigenvalue weighted by Crippen LogP contribution is 2.31. The molecule has 0 spiro atoms. The number of Topliss-reactive ketones (excluding diaryl/α,β-unsaturated/α-hetero) is 1. The van der Waals surface area contributed by atoms with E-state index in [1.54, 1.807) is 12.1 Å². The molecule has 0 saturated carbocycles. The molecule has 1 N–H and O–H groups in total. The second-order valence-electron chi connectivity index (χ2n) is 6.00. The fourth-order valence-corrected chi connectivity index (χ4v) is 1.82. The molecule has 0 aliphatic rings. The zero-order valence-electron chi connectivity index (χ0n) is 12.7. The highest BCUT2D eigenvalue weighted by Gasteiger charge is 2.23. The Bertz CT molecular complexity index is 639. The smallest absolute Gasteiger partial charge is 0.241 e. The van der Waals surface area contributed by atoms with Crippen LogP contribution >= 0.6 is 0 Å². The van der Waals surface area contributed by atoms with Gasteiger partial charge < -0.3 is 4.74 Å². The number of nitrogens with zero attached hydrogens (tertiary/aromatic N) is 1. The first-order valence-electron chi connectivity index (χ1n) is 6.76. The average molecular weight is 290 g/mol. The van der Waals surface area contributed by atoms with E-state index in [-0.39, 0.29) is 18.2 Å². The molecule has 2 rings (SSSR count). The maximum atomic E-state index is 13.0. The molecular formula is C16H19FN2O2. The number of ether oxygens (including phenoxy) is 1. The van der Waals surface area contributed by atoms with E-state index in [0.29, 0.717) is 5.88 Å². The van der Waals surface area contributed by atoms with Gasteiger partial charge in [0, 0.05) is 11.1 Å². The number of H-pyrrole nitrogens is 1. The molecule has 5 heteroatoms. The maximum absolute atomic E-state index is 13.0. The van der Waals surface area contributed by atoms with Gasteiger partial charge in [-0.25, -0.2) is 4.39 Å². The van der Waals surface area contributed by atoms with E-state index in [0.717, 1.165) is 16.8 Å². The van der Waals surface area contributed by atoms with Crippen molar-refractivity contribution in [3.63, 3.8) is 0 Å². The summed E-state index contributed by atoms with van der Waals surface area (Å²) in [7, 11) is 0. The Morgan fingerprint density at radius 1 is 1.29 bits per heavy atom. The second kappa shape index (κ2) is 5.68. The first kappa shape index (κ1) is 15.2. The minimum Gasteiger partial charge on any atom is -0.468 e. The molecule has 0 bridgehead atoms. The van der Waals surface area contributed by atoms with Gasteiger partial charge in [0.25, 0.3) is 0 Å². The van der Waals surface area contributed by atoms with Crippen LogP contribution < -0.4 is 4.74 Å². The average Bonchev–Trinajstić information content (AvgIpc) is 2.77. The summed E-state index contributed by atoms with van der Waals surface area (Å²) in [5.41, 5.74) is 1.89. The maximum Gasteiger partial charge on any atom is 0.241 e. The van der Waals surface area contributed by atoms with Gasteiger partial charge in [-0.2, -0.15) is 0 Å². The van der Waals surface area contributed by atoms with Crippen molar-refractivity contribution in [3.8, 4) is 17.0 Å². The van der Waals surface area contributed by atoms with Crippen LogP contribution in [0.15, 0.2) is 24.3 Å². The molecule has 112 valence electrons. The Kier molecular flexibility index (Phi) is 4.11. The summed E-state index contributed by atoms with van der Waals surface area (Å²) < 4.78 is 18.6. The predicted molar refractivity (Wildman–Crippen MR) is 78.7 cm³/mol. The molecule has 4 nitrogen and oxygen atoms in total. The van der Waals surface area contributed by atoms with Gasteiger partial charge in [-0.1, -0.05) is 32.9 Å². The van der Waals surface area contributed by atoms with Crippen molar-refractivity contribution in [2.75, 3.05) is 6.61 Å². The summed E-state index contributed by atoms with van der Waals surface area (Å²) in [6.45, 7) is 7.34. The first-order valence-corrected chi connectivity index (χ1v) is 6.76. The zero-order valence-corrected chi connectivity index (χ0v) is 12.7. The lowest BCUT2D eigenvalue weighted by Gasteiger charge is -2.16. The van der Waals surface area contributed by atoms with Gasteiger partial charge in [0.15, 0.2) is 5.78 Å². The van der Waals surface area contributed by atoms with Crippen LogP contribution in [-0.2, 0) is 4.79 Å². The third-order valence-electron chi connectivity index (χ3n) is 3.22. The molecule has 0 atom stereocenters. The van der Waals surface area contributed by atoms with Crippen molar-refractivity contribution in [2.45, 2.75) is 27.7 Å². The largest absolute Gasteiger partial charge is 0.468 e. The highest BCUT2D eigenvalue weighted by atomic mass is 19.1. The molecule has 0 aliphatic heterocycles. The number of hydrogen-bond acceptors (Lipinski definition) is 3. The van der Waals surface area contributed by atoms with Crippen molar-refractivity contribution < 1.29 is 13.9 Å². The number of carbonyl (C=O) groups excluding carboxylic acids is 1. The summed E-state index contributed by atoms with van der Waals surface area (Å²) >= 11 is 0. The van der Waals surface area contributed by atoms with Crippen LogP contribution in [0.1, 0.15) is 26.5 Å². The number of aryl methyl sites for hydroxylation is 1. The van der Waals surface area contributed by atoms with E-state index in [9.17, 15) is 9.18 Å². The van der Waals surface area contributed by atoms with E-state index in [4.69, 9.17) is 4.74 Å². The summed E-state index contributed by atoms with van der Waals surface area (Å²) in [5.74, 6) is 0.0511. The van der Waals surface area contributed by atoms with Gasteiger partial charge in [0.1, 0.15) is 12.4 Å². The minimum atomic E-state index is -0.457. The van der Waals surface area contributed by atoms with E-state index >= 15 is 0 Å². The summed E-state index contributed by atoms with van der Waals surface area (Å²) in [6, 6.07) is 6.08. The molecule has 1 aromatic heterocycles. The van der Waals surface area contributed by atoms with Crippen molar-refractivity contribution >= 4 is 5.78 Å². The Morgan fingerprint density at radius 2 is 1.90 bits per heavy atom. The number of halogens is 1. The van der Waals surface area contributed by atoms with Crippen LogP contribution in [0.5, 0.6) is 5.88 Å². The summed E-state index contributed by atoms with van der Waals surface area (Å²) in [5, 5.41) is 6.91. The van der Waals surface area contributed by atoms with Gasteiger partial charge in [-0.15, -0.1) is 5.10 Å². The first-order chi connectivity index (χ1) is 9.79. The molecule has 1 heterocycles. The number of benzene rings is 1. The minimum absolute atomic E-state index is 0.00629. The molecule has 0 aliphatic carbocycles. The second-order valence-corrected chi connectivity index (χ2v) is 6.00. The van der Waals surface area contributed by atoms with Crippen LogP contribution in [0.25, 0.3) is 11.1 Å². The van der Waals surface area contributed by atoms with E-state index in [1.807, 2.05) is 27.7 Å². The number of aromatic amines is 1. The van der Waals surface area contributed by atoms with E-state index in [1.165, 1.54) is 12.1 Å². The molecular weight excluding hydrogens is 271 g/mol. The number of ketones is 1. The summed E-state index contributed by atoms with van der Waals surface area (Å²) in [6.07, 6.45) is 0. The molecule has 0 unspecified atom stereocenters. The van der Waals surface area contributed by atoms with Crippen molar-refractivity contribution in [1.82, 2.24) is 10.2 Å². The monoisotopic (exact) mass is 290 g/mol. The van der Waals surface area contributed by atoms with Gasteiger partial charge in [-0.05, 0) is 24.6 Å². The fraction of sp³-hybridized carbons (Fsp3) is 0.375. The quantitative estimate of drug-likeness (QED) is 0.937. The third kappa shape index (κ3) is 3.48. The van der Waals surface area contributed by atoms with Gasteiger partial charge in [-0.3, -0.25) is 9.89 Å². The predicted octanol–water partition coefficient (Wildman–Crippen LogP) is 3.52. The van der Waals surface area contributed by atoms with E-state index in [2.05, 4.69) is 10.2 Å². The van der Waals surface area contributed by atoms with E-state index < -0.39 is 5.41 Å². The van der Waals surface area contributed by atoms with Crippen LogP contribution in [0.3, 0.4) is 0 Å². The normalized spacial score (nSPS) is 11.5. The standard InChI is InChI=1S/C16H19FN2O2/c1-10-14(11-5-7-12(17)8-6-11)15(19-18-10)21-9-13(20)16(2,3)4/h5-8H,9H2,1-4H3,(H,18,19). The van der Waals surface area contributed by atoms with Gasteiger partial charge in [0.2, 0.25) is 5.88 Å². The molecule has 2 aromatic rings. The van der Waals surface area contributed by atoms with Crippen LogP contribution in [-0.4, -0.2) is 22.6 Å². The lowest BCUT2D eigenvalue weighted by atomic mass is 9.91. The Labute approximate surface area is 123 Å². The van der Waals surface area contributed by atoms with Crippen LogP contribution in [0, 0.1) is 18.2 Å². The number of aromatic nitrogens is 2. The molecule has 0 amide bonds. The van der Waals surface area contributed by atoms with Gasteiger partial charge in [0.05, 0.1) is 5.56 Å². The zero-order chi connectivity index (χ0) is 15.6. The Balaban J connectivity index is 2.23. The molecule has 1 aromatic carbocycles. The van der Waals surface area contributed by atoms with Crippen molar-refractivity contribution in [3.05, 3.63) is 35.8 Å². The molecule has 0 radical (unpaired) electrons. The lowest BCUT2D eigenvalue weighted by Crippen LogP contribution is -2.26. The number of carbonyl (C=O) groups is 1. The van der Waals surface area contributed by atoms with Crippen molar-refractivity contribution in [2.24, 2.45) is 5.41 Å². The lowest BCUT2D eigenvalue weighted by molar-refractivity contribution is -0.128. The third-order valence-corrected chi connectivity index (χ3v) is 3.22. The Hall–Kier alpha value is -2.17. The molecule has 0 fully saturated rings. The summed E-state index contributed by atoms with van der Waals surface area (Å²) in [4.78, 5) is 11.9. The Morgan fingerprint density at radius 3 is 2.48 bits per heavy atom. The number of rotatable bonds is 4. The van der Waals surface area contributed by atoms with Crippen LogP contribution in [0.4, 0.5) is 4.39 Å². The molecule has 21 heavy (non-hydrogen) atoms.